The summed E-state index contributed by atoms with van der Waals surface area (Å²) in [6.45, 7) is 0.282. The summed E-state index contributed by atoms with van der Waals surface area (Å²) < 4.78 is 4.57. The van der Waals surface area contributed by atoms with Crippen LogP contribution in [-0.4, -0.2) is 29.2 Å². The first-order valence-electron chi connectivity index (χ1n) is 2.24. The van der Waals surface area contributed by atoms with Crippen LogP contribution < -0.4 is 0 Å². The molecule has 0 aromatic carbocycles. The van der Waals surface area contributed by atoms with Crippen molar-refractivity contribution in [2.45, 2.75) is 12.2 Å². The molecule has 3 heteroatoms. The highest BCUT2D eigenvalue weighted by Gasteiger charge is 2.34. The van der Waals surface area contributed by atoms with E-state index in [1.807, 2.05) is 0 Å². The highest BCUT2D eigenvalue weighted by Crippen LogP contribution is 2.20. The molecular weight excluding hydrogens is 96.0 g/mol. The van der Waals surface area contributed by atoms with E-state index in [1.54, 1.807) is 0 Å². The second kappa shape index (κ2) is 1.43. The Hall–Kier alpha value is -0.120. The molecule has 1 unspecified atom stereocenters. The van der Waals surface area contributed by atoms with Crippen LogP contribution in [0.15, 0.2) is 0 Å². The van der Waals surface area contributed by atoms with Gasteiger partial charge in [0.15, 0.2) is 5.79 Å². The second-order valence-corrected chi connectivity index (χ2v) is 1.70. The molecule has 3 nitrogen and oxygen atoms in total. The fourth-order valence-corrected chi connectivity index (χ4v) is 0.462. The third-order valence-corrected chi connectivity index (χ3v) is 1.11. The fraction of sp³-hybridized carbons (Fsp3) is 1.00. The van der Waals surface area contributed by atoms with Gasteiger partial charge in [-0.25, -0.2) is 0 Å². The molecule has 1 aliphatic rings. The number of hydrogen-bond donors (Lipinski definition) is 2. The highest BCUT2D eigenvalue weighted by molar-refractivity contribution is 4.72. The first-order chi connectivity index (χ1) is 3.27. The molecule has 1 atom stereocenters. The first-order valence-corrected chi connectivity index (χ1v) is 2.24. The summed E-state index contributed by atoms with van der Waals surface area (Å²) in [7, 11) is 0. The molecule has 7 heavy (non-hydrogen) atoms. The maximum atomic E-state index is 8.75. The highest BCUT2D eigenvalue weighted by atomic mass is 16.7. The van der Waals surface area contributed by atoms with Gasteiger partial charge in [0.1, 0.15) is 0 Å². The Bertz CT molecular complexity index is 61.8. The molecule has 2 N–H and O–H groups in total. The zero-order chi connectivity index (χ0) is 5.33. The van der Waals surface area contributed by atoms with Crippen LogP contribution in [-0.2, 0) is 4.74 Å². The molecule has 0 aliphatic carbocycles. The van der Waals surface area contributed by atoms with Crippen molar-refractivity contribution in [2.75, 3.05) is 13.2 Å². The average molecular weight is 104 g/mol. The van der Waals surface area contributed by atoms with Gasteiger partial charge >= 0.3 is 0 Å². The van der Waals surface area contributed by atoms with Crippen LogP contribution in [0.25, 0.3) is 0 Å². The molecule has 0 saturated carbocycles. The molecule has 0 spiro atoms. The van der Waals surface area contributed by atoms with Crippen LogP contribution in [0.3, 0.4) is 0 Å². The van der Waals surface area contributed by atoms with Crippen molar-refractivity contribution in [3.63, 3.8) is 0 Å². The lowest BCUT2D eigenvalue weighted by atomic mass is 10.1. The van der Waals surface area contributed by atoms with Crippen molar-refractivity contribution >= 4 is 0 Å². The molecule has 1 aliphatic heterocycles. The molecule has 0 aromatic heterocycles. The Balaban J connectivity index is 2.29. The predicted octanol–water partition coefficient (Wildman–Crippen LogP) is -0.912. The van der Waals surface area contributed by atoms with Gasteiger partial charge in [0.25, 0.3) is 0 Å². The average Bonchev–Trinajstić information content (AvgIpc) is 1.61. The van der Waals surface area contributed by atoms with Gasteiger partial charge in [0.05, 0.1) is 13.2 Å². The molecule has 1 rings (SSSR count). The van der Waals surface area contributed by atoms with Crippen LogP contribution in [0.5, 0.6) is 0 Å². The van der Waals surface area contributed by atoms with E-state index in [1.165, 1.54) is 0 Å². The van der Waals surface area contributed by atoms with Crippen molar-refractivity contribution in [3.05, 3.63) is 0 Å². The smallest absolute Gasteiger partial charge is 0.191 e. The van der Waals surface area contributed by atoms with Gasteiger partial charge in [-0.1, -0.05) is 0 Å². The lowest BCUT2D eigenvalue weighted by Gasteiger charge is -2.34. The number of rotatable bonds is 1. The van der Waals surface area contributed by atoms with Gasteiger partial charge < -0.3 is 14.9 Å². The first kappa shape index (κ1) is 5.03. The number of hydrogen-bond acceptors (Lipinski definition) is 3. The summed E-state index contributed by atoms with van der Waals surface area (Å²) in [4.78, 5) is 0. The third kappa shape index (κ3) is 0.748. The summed E-state index contributed by atoms with van der Waals surface area (Å²) >= 11 is 0. The van der Waals surface area contributed by atoms with Crippen LogP contribution in [0.2, 0.25) is 0 Å². The molecule has 42 valence electrons. The Labute approximate surface area is 41.5 Å². The zero-order valence-electron chi connectivity index (χ0n) is 3.92. The van der Waals surface area contributed by atoms with Crippen LogP contribution >= 0.6 is 0 Å². The van der Waals surface area contributed by atoms with Gasteiger partial charge in [-0.3, -0.25) is 0 Å². The third-order valence-electron chi connectivity index (χ3n) is 1.11. The van der Waals surface area contributed by atoms with Gasteiger partial charge in [-0.05, 0) is 0 Å². The number of aliphatic hydroxyl groups excluding tert-OH is 1. The molecule has 0 amide bonds. The summed E-state index contributed by atoms with van der Waals surface area (Å²) in [5.41, 5.74) is 0. The molecule has 1 heterocycles. The van der Waals surface area contributed by atoms with Gasteiger partial charge in [-0.15, -0.1) is 0 Å². The Kier molecular flexibility index (Phi) is 1.03. The standard InChI is InChI=1S/C4H8O3/c5-3-4(6)1-2-7-4/h5-6H,1-3H2. The van der Waals surface area contributed by atoms with Crippen molar-refractivity contribution < 1.29 is 14.9 Å². The summed E-state index contributed by atoms with van der Waals surface area (Å²) in [6.07, 6.45) is 0.559. The molecule has 0 aromatic rings. The van der Waals surface area contributed by atoms with Crippen LogP contribution in [0.1, 0.15) is 6.42 Å². The maximum Gasteiger partial charge on any atom is 0.191 e. The Morgan fingerprint density at radius 2 is 2.29 bits per heavy atom. The van der Waals surface area contributed by atoms with Crippen molar-refractivity contribution in [1.82, 2.24) is 0 Å². The van der Waals surface area contributed by atoms with E-state index in [4.69, 9.17) is 10.2 Å². The minimum absolute atomic E-state index is 0.285. The summed E-state index contributed by atoms with van der Waals surface area (Å²) in [6, 6.07) is 0. The molecule has 1 saturated heterocycles. The molecule has 1 fully saturated rings. The molecule has 0 radical (unpaired) electrons. The normalized spacial score (nSPS) is 40.3. The summed E-state index contributed by atoms with van der Waals surface area (Å²) in [5.74, 6) is -1.18. The lowest BCUT2D eigenvalue weighted by molar-refractivity contribution is -0.296. The van der Waals surface area contributed by atoms with E-state index >= 15 is 0 Å². The monoisotopic (exact) mass is 104 g/mol. The quantitative estimate of drug-likeness (QED) is 0.452. The minimum atomic E-state index is -1.18. The number of ether oxygens (including phenoxy) is 1. The Morgan fingerprint density at radius 1 is 1.71 bits per heavy atom. The fourth-order valence-electron chi connectivity index (χ4n) is 0.462. The van der Waals surface area contributed by atoms with Crippen LogP contribution in [0.4, 0.5) is 0 Å². The lowest BCUT2D eigenvalue weighted by Crippen LogP contribution is -2.46. The molecule has 0 bridgehead atoms. The van der Waals surface area contributed by atoms with E-state index in [0.717, 1.165) is 0 Å². The largest absolute Gasteiger partial charge is 0.391 e. The van der Waals surface area contributed by atoms with Crippen molar-refractivity contribution in [2.24, 2.45) is 0 Å². The van der Waals surface area contributed by atoms with E-state index in [2.05, 4.69) is 4.74 Å². The van der Waals surface area contributed by atoms with Crippen molar-refractivity contribution in [1.29, 1.82) is 0 Å². The summed E-state index contributed by atoms with van der Waals surface area (Å²) in [5, 5.41) is 17.0. The minimum Gasteiger partial charge on any atom is -0.391 e. The topological polar surface area (TPSA) is 49.7 Å². The van der Waals surface area contributed by atoms with Gasteiger partial charge in [0.2, 0.25) is 0 Å². The SMILES string of the molecule is OCC1(O)CCO1. The Morgan fingerprint density at radius 3 is 2.29 bits per heavy atom. The van der Waals surface area contributed by atoms with Crippen LogP contribution in [0, 0.1) is 0 Å². The second-order valence-electron chi connectivity index (χ2n) is 1.70. The zero-order valence-corrected chi connectivity index (χ0v) is 3.92. The van der Waals surface area contributed by atoms with Crippen molar-refractivity contribution in [3.8, 4) is 0 Å². The van der Waals surface area contributed by atoms with E-state index in [0.29, 0.717) is 13.0 Å². The predicted molar refractivity (Wildman–Crippen MR) is 22.6 cm³/mol. The van der Waals surface area contributed by atoms with E-state index in [9.17, 15) is 0 Å². The number of aliphatic hydroxyl groups is 2. The van der Waals surface area contributed by atoms with E-state index in [-0.39, 0.29) is 6.61 Å². The van der Waals surface area contributed by atoms with E-state index < -0.39 is 5.79 Å². The maximum absolute atomic E-state index is 8.75. The van der Waals surface area contributed by atoms with Gasteiger partial charge in [0, 0.05) is 6.42 Å². The molecular formula is C4H8O3. The van der Waals surface area contributed by atoms with Gasteiger partial charge in [-0.2, -0.15) is 0 Å².